The van der Waals surface area contributed by atoms with Crippen LogP contribution in [-0.2, 0) is 6.42 Å². The van der Waals surface area contributed by atoms with Crippen molar-refractivity contribution in [3.8, 4) is 11.1 Å². The number of nitrogens with one attached hydrogen (secondary N) is 2. The highest BCUT2D eigenvalue weighted by Crippen LogP contribution is 2.32. The summed E-state index contributed by atoms with van der Waals surface area (Å²) in [5, 5.41) is 8.87. The second-order valence-corrected chi connectivity index (χ2v) is 9.86. The number of nitrogens with zero attached hydrogens (tertiary/aromatic N) is 2. The molecule has 7 heteroatoms. The van der Waals surface area contributed by atoms with Crippen molar-refractivity contribution in [1.82, 2.24) is 15.2 Å². The number of aryl methyl sites for hydroxylation is 1. The van der Waals surface area contributed by atoms with E-state index in [4.69, 9.17) is 0 Å². The Hall–Kier alpha value is -3.19. The Kier molecular flexibility index (Phi) is 8.53. The second-order valence-electron chi connectivity index (χ2n) is 8.97. The van der Waals surface area contributed by atoms with Crippen molar-refractivity contribution >= 4 is 29.0 Å². The molecule has 0 spiro atoms. The van der Waals surface area contributed by atoms with E-state index in [-0.39, 0.29) is 17.9 Å². The highest BCUT2D eigenvalue weighted by atomic mass is 32.1. The van der Waals surface area contributed by atoms with Crippen LogP contribution in [0.2, 0.25) is 0 Å². The summed E-state index contributed by atoms with van der Waals surface area (Å²) in [4.78, 5) is 31.9. The summed E-state index contributed by atoms with van der Waals surface area (Å²) < 4.78 is 0. The summed E-state index contributed by atoms with van der Waals surface area (Å²) in [7, 11) is 0. The Balaban J connectivity index is 1.37. The summed E-state index contributed by atoms with van der Waals surface area (Å²) >= 11 is 1.54. The van der Waals surface area contributed by atoms with E-state index in [1.807, 2.05) is 34.5 Å². The molecule has 184 valence electrons. The zero-order valence-corrected chi connectivity index (χ0v) is 21.4. The summed E-state index contributed by atoms with van der Waals surface area (Å²) in [6, 6.07) is 16.3. The van der Waals surface area contributed by atoms with Gasteiger partial charge in [-0.2, -0.15) is 0 Å². The van der Waals surface area contributed by atoms with Crippen LogP contribution in [0.25, 0.3) is 11.1 Å². The minimum absolute atomic E-state index is 0.0269. The average Bonchev–Trinajstić information content (AvgIpc) is 3.40. The number of anilines is 1. The quantitative estimate of drug-likeness (QED) is 0.363. The smallest absolute Gasteiger partial charge is 0.317 e. The summed E-state index contributed by atoms with van der Waals surface area (Å²) in [5.41, 5.74) is 4.57. The predicted molar refractivity (Wildman–Crippen MR) is 143 cm³/mol. The van der Waals surface area contributed by atoms with Crippen LogP contribution >= 0.6 is 11.3 Å². The van der Waals surface area contributed by atoms with E-state index in [1.165, 1.54) is 16.9 Å². The normalized spacial score (nSPS) is 14.1. The van der Waals surface area contributed by atoms with Crippen molar-refractivity contribution in [3.05, 3.63) is 70.2 Å². The first-order valence-corrected chi connectivity index (χ1v) is 13.4. The second kappa shape index (κ2) is 12.0. The molecule has 35 heavy (non-hydrogen) atoms. The molecule has 1 aliphatic heterocycles. The van der Waals surface area contributed by atoms with Crippen LogP contribution in [-0.4, -0.2) is 41.5 Å². The van der Waals surface area contributed by atoms with Gasteiger partial charge in [-0.25, -0.2) is 9.78 Å². The van der Waals surface area contributed by atoms with E-state index in [9.17, 15) is 9.59 Å². The zero-order chi connectivity index (χ0) is 24.6. The van der Waals surface area contributed by atoms with Gasteiger partial charge in [0.25, 0.3) is 5.91 Å². The Morgan fingerprint density at radius 2 is 1.80 bits per heavy atom. The number of hydrogen-bond acceptors (Lipinski definition) is 4. The van der Waals surface area contributed by atoms with E-state index in [2.05, 4.69) is 53.7 Å². The predicted octanol–water partition coefficient (Wildman–Crippen LogP) is 6.31. The first-order valence-electron chi connectivity index (χ1n) is 12.6. The standard InChI is InChI=1S/C28H34N4O2S/c1-3-5-16-29-28(34)32-17-14-22(15-18-32)27-31-25(19-35-27)26(33)30-24-9-7-6-8-23(24)21-12-10-20(4-2)11-13-21/h6-13,19,22H,3-5,14-18H2,1-2H3,(H,29,34)(H,30,33). The Bertz CT molecular complexity index is 1130. The monoisotopic (exact) mass is 490 g/mol. The van der Waals surface area contributed by atoms with Gasteiger partial charge in [-0.1, -0.05) is 62.7 Å². The maximum atomic E-state index is 13.0. The molecule has 1 fully saturated rings. The van der Waals surface area contributed by atoms with Crippen LogP contribution in [0.5, 0.6) is 0 Å². The minimum atomic E-state index is -0.196. The van der Waals surface area contributed by atoms with Crippen molar-refractivity contribution in [2.45, 2.75) is 51.9 Å². The Morgan fingerprint density at radius 1 is 1.06 bits per heavy atom. The molecule has 2 heterocycles. The van der Waals surface area contributed by atoms with Crippen LogP contribution in [0.15, 0.2) is 53.9 Å². The lowest BCUT2D eigenvalue weighted by Crippen LogP contribution is -2.44. The fraction of sp³-hybridized carbons (Fsp3) is 0.393. The van der Waals surface area contributed by atoms with Gasteiger partial charge in [-0.15, -0.1) is 11.3 Å². The Labute approximate surface area is 211 Å². The van der Waals surface area contributed by atoms with Crippen LogP contribution in [0.1, 0.15) is 66.5 Å². The maximum Gasteiger partial charge on any atom is 0.317 e. The van der Waals surface area contributed by atoms with Crippen LogP contribution in [0.3, 0.4) is 0 Å². The molecule has 0 bridgehead atoms. The molecule has 2 aromatic carbocycles. The number of urea groups is 1. The summed E-state index contributed by atoms with van der Waals surface area (Å²) in [6.45, 7) is 6.42. The lowest BCUT2D eigenvalue weighted by Gasteiger charge is -2.31. The topological polar surface area (TPSA) is 74.3 Å². The molecule has 3 aromatic rings. The zero-order valence-electron chi connectivity index (χ0n) is 20.5. The lowest BCUT2D eigenvalue weighted by atomic mass is 9.98. The number of amides is 3. The number of aromatic nitrogens is 1. The first-order chi connectivity index (χ1) is 17.1. The molecule has 2 N–H and O–H groups in total. The molecule has 0 unspecified atom stereocenters. The number of thiazole rings is 1. The SMILES string of the molecule is CCCCNC(=O)N1CCC(c2nc(C(=O)Nc3ccccc3-c3ccc(CC)cc3)cs2)CC1. The van der Waals surface area contributed by atoms with Crippen LogP contribution in [0, 0.1) is 0 Å². The molecule has 0 atom stereocenters. The van der Waals surface area contributed by atoms with E-state index in [1.54, 1.807) is 0 Å². The van der Waals surface area contributed by atoms with Gasteiger partial charge >= 0.3 is 6.03 Å². The van der Waals surface area contributed by atoms with Crippen LogP contribution in [0.4, 0.5) is 10.5 Å². The third-order valence-corrected chi connectivity index (χ3v) is 7.55. The fourth-order valence-corrected chi connectivity index (χ4v) is 5.31. The van der Waals surface area contributed by atoms with Gasteiger partial charge in [0.05, 0.1) is 5.01 Å². The number of piperidine rings is 1. The number of likely N-dealkylation sites (tertiary alicyclic amines) is 1. The number of para-hydroxylation sites is 1. The summed E-state index contributed by atoms with van der Waals surface area (Å²) in [5.74, 6) is 0.0866. The fourth-order valence-electron chi connectivity index (χ4n) is 4.34. The van der Waals surface area contributed by atoms with Gasteiger partial charge in [-0.05, 0) is 42.9 Å². The average molecular weight is 491 g/mol. The maximum absolute atomic E-state index is 13.0. The molecule has 0 saturated carbocycles. The molecule has 0 aliphatic carbocycles. The van der Waals surface area contributed by atoms with Crippen molar-refractivity contribution in [2.24, 2.45) is 0 Å². The number of rotatable bonds is 8. The molecule has 3 amide bonds. The molecule has 1 aliphatic rings. The van der Waals surface area contributed by atoms with E-state index in [0.717, 1.165) is 60.5 Å². The molecule has 1 saturated heterocycles. The van der Waals surface area contributed by atoms with Gasteiger partial charge in [0.2, 0.25) is 0 Å². The number of hydrogen-bond donors (Lipinski definition) is 2. The van der Waals surface area contributed by atoms with Crippen molar-refractivity contribution in [3.63, 3.8) is 0 Å². The first kappa shape index (κ1) is 24.9. The molecule has 1 aromatic heterocycles. The highest BCUT2D eigenvalue weighted by Gasteiger charge is 2.26. The van der Waals surface area contributed by atoms with Crippen molar-refractivity contribution in [1.29, 1.82) is 0 Å². The van der Waals surface area contributed by atoms with Gasteiger partial charge in [-0.3, -0.25) is 4.79 Å². The molecule has 0 radical (unpaired) electrons. The van der Waals surface area contributed by atoms with E-state index in [0.29, 0.717) is 18.8 Å². The largest absolute Gasteiger partial charge is 0.338 e. The third-order valence-electron chi connectivity index (χ3n) is 6.54. The van der Waals surface area contributed by atoms with Gasteiger partial charge in [0.1, 0.15) is 5.69 Å². The number of unbranched alkanes of at least 4 members (excludes halogenated alkanes) is 1. The lowest BCUT2D eigenvalue weighted by molar-refractivity contribution is 0.102. The summed E-state index contributed by atoms with van der Waals surface area (Å²) in [6.07, 6.45) is 4.80. The van der Waals surface area contributed by atoms with E-state index >= 15 is 0 Å². The number of carbonyl (C=O) groups is 2. The van der Waals surface area contributed by atoms with Crippen molar-refractivity contribution < 1.29 is 9.59 Å². The molecule has 6 nitrogen and oxygen atoms in total. The van der Waals surface area contributed by atoms with Crippen LogP contribution < -0.4 is 10.6 Å². The molecule has 4 rings (SSSR count). The van der Waals surface area contributed by atoms with Crippen molar-refractivity contribution in [2.75, 3.05) is 25.0 Å². The highest BCUT2D eigenvalue weighted by molar-refractivity contribution is 7.10. The third kappa shape index (κ3) is 6.28. The minimum Gasteiger partial charge on any atom is -0.338 e. The molecular weight excluding hydrogens is 456 g/mol. The number of benzene rings is 2. The number of carbonyl (C=O) groups excluding carboxylic acids is 2. The molecular formula is C28H34N4O2S. The van der Waals surface area contributed by atoms with E-state index < -0.39 is 0 Å². The van der Waals surface area contributed by atoms with Gasteiger partial charge < -0.3 is 15.5 Å². The van der Waals surface area contributed by atoms with Gasteiger partial charge in [0, 0.05) is 42.2 Å². The van der Waals surface area contributed by atoms with Gasteiger partial charge in [0.15, 0.2) is 0 Å². The Morgan fingerprint density at radius 3 is 2.51 bits per heavy atom.